The van der Waals surface area contributed by atoms with Crippen LogP contribution >= 0.6 is 0 Å². The highest BCUT2D eigenvalue weighted by atomic mass is 19.1. The molecular weight excluding hydrogens is 365 g/mol. The maximum Gasteiger partial charge on any atom is 0.341 e. The molecule has 1 saturated heterocycles. The molecule has 0 amide bonds. The first-order valence-electron chi connectivity index (χ1n) is 9.32. The van der Waals surface area contributed by atoms with Crippen LogP contribution < -0.4 is 20.8 Å². The normalized spacial score (nSPS) is 20.5. The zero-order chi connectivity index (χ0) is 20.0. The van der Waals surface area contributed by atoms with E-state index in [0.29, 0.717) is 36.6 Å². The molecule has 0 spiro atoms. The van der Waals surface area contributed by atoms with Gasteiger partial charge in [-0.2, -0.15) is 0 Å². The lowest BCUT2D eigenvalue weighted by Gasteiger charge is -2.35. The first-order valence-corrected chi connectivity index (χ1v) is 9.32. The number of aromatic nitrogens is 1. The summed E-state index contributed by atoms with van der Waals surface area (Å²) in [4.78, 5) is 26.0. The Morgan fingerprint density at radius 1 is 1.50 bits per heavy atom. The third-order valence-electron chi connectivity index (χ3n) is 5.41. The number of nitrogens with zero attached hydrogens (tertiary/aromatic N) is 2. The molecule has 0 saturated carbocycles. The Balaban J connectivity index is 1.97. The number of aromatic carboxylic acids is 1. The number of nitrogens with two attached hydrogens (primary N) is 1. The van der Waals surface area contributed by atoms with Crippen LogP contribution in [0, 0.1) is 5.82 Å². The molecule has 0 unspecified atom stereocenters. The molecule has 1 atom stereocenters. The van der Waals surface area contributed by atoms with E-state index in [0.717, 1.165) is 24.5 Å². The molecule has 0 bridgehead atoms. The van der Waals surface area contributed by atoms with Crippen LogP contribution in [0.3, 0.4) is 0 Å². The third-order valence-corrected chi connectivity index (χ3v) is 5.41. The summed E-state index contributed by atoms with van der Waals surface area (Å²) >= 11 is 0. The van der Waals surface area contributed by atoms with Gasteiger partial charge in [-0.25, -0.2) is 9.18 Å². The van der Waals surface area contributed by atoms with Gasteiger partial charge >= 0.3 is 5.97 Å². The second kappa shape index (κ2) is 6.94. The molecule has 7 nitrogen and oxygen atoms in total. The Hall–Kier alpha value is -2.87. The van der Waals surface area contributed by atoms with Crippen LogP contribution in [0.15, 0.2) is 28.7 Å². The van der Waals surface area contributed by atoms with Crippen LogP contribution in [0.5, 0.6) is 5.75 Å². The number of anilines is 1. The smallest absolute Gasteiger partial charge is 0.341 e. The summed E-state index contributed by atoms with van der Waals surface area (Å²) in [6, 6.07) is 0.961. The fourth-order valence-corrected chi connectivity index (χ4v) is 4.08. The van der Waals surface area contributed by atoms with Crippen molar-refractivity contribution in [2.45, 2.75) is 25.8 Å². The summed E-state index contributed by atoms with van der Waals surface area (Å²) in [6.07, 6.45) is 5.07. The van der Waals surface area contributed by atoms with Crippen LogP contribution in [-0.2, 0) is 0 Å². The number of benzene rings is 1. The molecular formula is C20H22FN3O4. The minimum Gasteiger partial charge on any atom is -0.487 e. The summed E-state index contributed by atoms with van der Waals surface area (Å²) in [7, 11) is 0. The van der Waals surface area contributed by atoms with Crippen molar-refractivity contribution in [1.82, 2.24) is 4.57 Å². The minimum atomic E-state index is -1.33. The maximum atomic E-state index is 15.2. The fourth-order valence-electron chi connectivity index (χ4n) is 4.08. The molecule has 8 heteroatoms. The van der Waals surface area contributed by atoms with Crippen LogP contribution in [0.4, 0.5) is 10.1 Å². The van der Waals surface area contributed by atoms with E-state index >= 15 is 4.39 Å². The summed E-state index contributed by atoms with van der Waals surface area (Å²) in [5, 5.41) is 9.39. The van der Waals surface area contributed by atoms with Crippen molar-refractivity contribution in [1.29, 1.82) is 0 Å². The van der Waals surface area contributed by atoms with Crippen molar-refractivity contribution in [2.75, 3.05) is 31.1 Å². The third kappa shape index (κ3) is 2.84. The first-order chi connectivity index (χ1) is 13.4. The Morgan fingerprint density at radius 3 is 3.00 bits per heavy atom. The van der Waals surface area contributed by atoms with Gasteiger partial charge in [-0.05, 0) is 25.8 Å². The van der Waals surface area contributed by atoms with Gasteiger partial charge in [0, 0.05) is 25.8 Å². The number of hydrogen-bond donors (Lipinski definition) is 2. The molecule has 1 aromatic carbocycles. The molecule has 1 fully saturated rings. The molecule has 0 radical (unpaired) electrons. The zero-order valence-corrected chi connectivity index (χ0v) is 15.6. The second-order valence-electron chi connectivity index (χ2n) is 7.30. The molecule has 2 aliphatic rings. The molecule has 148 valence electrons. The lowest BCUT2D eigenvalue weighted by molar-refractivity contribution is 0.0694. The lowest BCUT2D eigenvalue weighted by Crippen LogP contribution is -2.34. The van der Waals surface area contributed by atoms with E-state index in [-0.39, 0.29) is 23.6 Å². The van der Waals surface area contributed by atoms with E-state index in [1.165, 1.54) is 6.20 Å². The number of carbonyl (C=O) groups is 1. The molecule has 4 rings (SSSR count). The molecule has 28 heavy (non-hydrogen) atoms. The van der Waals surface area contributed by atoms with Crippen molar-refractivity contribution in [3.8, 4) is 5.75 Å². The molecule has 1 aromatic heterocycles. The first kappa shape index (κ1) is 18.5. The van der Waals surface area contributed by atoms with Crippen LogP contribution in [-0.4, -0.2) is 41.9 Å². The quantitative estimate of drug-likeness (QED) is 0.784. The van der Waals surface area contributed by atoms with Crippen LogP contribution in [0.2, 0.25) is 0 Å². The van der Waals surface area contributed by atoms with E-state index in [4.69, 9.17) is 10.5 Å². The number of halogens is 1. The van der Waals surface area contributed by atoms with Crippen molar-refractivity contribution in [3.05, 3.63) is 45.5 Å². The van der Waals surface area contributed by atoms with Gasteiger partial charge in [-0.3, -0.25) is 4.79 Å². The molecule has 2 aliphatic heterocycles. The standard InChI is InChI=1S/C20H22FN3O4/c1-11-10-28-19-16-13(18(25)14(20(26)27)9-24(11)16)7-15(21)17(19)23-6-2-3-12(8-23)4-5-22/h4,7,9,11H,2-3,5-6,8,10,22H2,1H3,(H,26,27)/b12-4+/t11-/m0/s1. The van der Waals surface area contributed by atoms with Gasteiger partial charge in [0.25, 0.3) is 0 Å². The number of ether oxygens (including phenoxy) is 1. The van der Waals surface area contributed by atoms with Gasteiger partial charge in [0.15, 0.2) is 11.6 Å². The van der Waals surface area contributed by atoms with Gasteiger partial charge in [0.05, 0.1) is 16.9 Å². The van der Waals surface area contributed by atoms with E-state index in [2.05, 4.69) is 0 Å². The topological polar surface area (TPSA) is 97.8 Å². The van der Waals surface area contributed by atoms with Crippen molar-refractivity contribution in [2.24, 2.45) is 5.73 Å². The number of carboxylic acid groups (broad SMARTS) is 1. The van der Waals surface area contributed by atoms with E-state index < -0.39 is 17.2 Å². The number of rotatable bonds is 3. The van der Waals surface area contributed by atoms with Gasteiger partial charge in [-0.15, -0.1) is 0 Å². The van der Waals surface area contributed by atoms with Crippen molar-refractivity contribution in [3.63, 3.8) is 0 Å². The molecule has 3 heterocycles. The van der Waals surface area contributed by atoms with Crippen molar-refractivity contribution >= 4 is 22.6 Å². The average molecular weight is 387 g/mol. The largest absolute Gasteiger partial charge is 0.487 e. The van der Waals surface area contributed by atoms with E-state index in [1.54, 1.807) is 4.57 Å². The van der Waals surface area contributed by atoms with Crippen LogP contribution in [0.1, 0.15) is 36.2 Å². The zero-order valence-electron chi connectivity index (χ0n) is 15.6. The minimum absolute atomic E-state index is 0.0254. The fraction of sp³-hybridized carbons (Fsp3) is 0.400. The SMILES string of the molecule is C[C@H]1COc2c(N3CCC/C(=C\CN)C3)c(F)cc3c(=O)c(C(=O)O)cn1c23. The summed E-state index contributed by atoms with van der Waals surface area (Å²) in [5.41, 5.74) is 6.45. The van der Waals surface area contributed by atoms with E-state index in [1.807, 2.05) is 17.9 Å². The molecule has 3 N–H and O–H groups in total. The summed E-state index contributed by atoms with van der Waals surface area (Å²) < 4.78 is 22.8. The highest BCUT2D eigenvalue weighted by Crippen LogP contribution is 2.42. The van der Waals surface area contributed by atoms with Gasteiger partial charge < -0.3 is 25.0 Å². The van der Waals surface area contributed by atoms with Gasteiger partial charge in [-0.1, -0.05) is 11.6 Å². The number of pyridine rings is 1. The van der Waals surface area contributed by atoms with Gasteiger partial charge in [0.2, 0.25) is 5.43 Å². The second-order valence-corrected chi connectivity index (χ2v) is 7.30. The highest BCUT2D eigenvalue weighted by Gasteiger charge is 2.31. The van der Waals surface area contributed by atoms with E-state index in [9.17, 15) is 14.7 Å². The number of piperidine rings is 1. The summed E-state index contributed by atoms with van der Waals surface area (Å²) in [6.45, 7) is 3.77. The Morgan fingerprint density at radius 2 is 2.29 bits per heavy atom. The Bertz CT molecular complexity index is 1060. The Labute approximate surface area is 160 Å². The van der Waals surface area contributed by atoms with Crippen molar-refractivity contribution < 1.29 is 19.0 Å². The van der Waals surface area contributed by atoms with Crippen LogP contribution in [0.25, 0.3) is 10.9 Å². The van der Waals surface area contributed by atoms with Gasteiger partial charge in [0.1, 0.15) is 17.9 Å². The number of carboxylic acids is 1. The molecule has 2 aromatic rings. The lowest BCUT2D eigenvalue weighted by atomic mass is 10.0. The highest BCUT2D eigenvalue weighted by molar-refractivity contribution is 5.97. The monoisotopic (exact) mass is 387 g/mol. The predicted molar refractivity (Wildman–Crippen MR) is 104 cm³/mol. The number of hydrogen-bond acceptors (Lipinski definition) is 5. The Kier molecular flexibility index (Phi) is 4.58. The summed E-state index contributed by atoms with van der Waals surface area (Å²) in [5.74, 6) is -1.61. The maximum absolute atomic E-state index is 15.2. The predicted octanol–water partition coefficient (Wildman–Crippen LogP) is 2.28. The average Bonchev–Trinajstić information content (AvgIpc) is 2.66. The molecule has 0 aliphatic carbocycles.